The third-order valence-corrected chi connectivity index (χ3v) is 6.49. The first-order chi connectivity index (χ1) is 13.5. The fraction of sp³-hybridized carbons (Fsp3) is 0.864. The monoisotopic (exact) mass is 409 g/mol. The molecule has 0 spiro atoms. The van der Waals surface area contributed by atoms with Gasteiger partial charge < -0.3 is 14.9 Å². The van der Waals surface area contributed by atoms with Gasteiger partial charge in [-0.15, -0.1) is 0 Å². The van der Waals surface area contributed by atoms with E-state index < -0.39 is 16.9 Å². The predicted octanol–water partition coefficient (Wildman–Crippen LogP) is 3.26. The Labute approximate surface area is 175 Å². The second kappa shape index (κ2) is 10.1. The zero-order valence-electron chi connectivity index (χ0n) is 18.8. The number of nitrogens with zero attached hydrogens (tertiary/aromatic N) is 1. The van der Waals surface area contributed by atoms with Gasteiger partial charge >= 0.3 is 0 Å². The summed E-state index contributed by atoms with van der Waals surface area (Å²) in [5.74, 6) is -0.746. The highest BCUT2D eigenvalue weighted by molar-refractivity contribution is 6.08. The van der Waals surface area contributed by atoms with Crippen molar-refractivity contribution in [3.63, 3.8) is 0 Å². The van der Waals surface area contributed by atoms with Crippen LogP contribution >= 0.6 is 0 Å². The van der Waals surface area contributed by atoms with Crippen LogP contribution in [-0.4, -0.2) is 60.6 Å². The zero-order chi connectivity index (χ0) is 21.7. The number of ether oxygens (including phenoxy) is 2. The summed E-state index contributed by atoms with van der Waals surface area (Å²) in [6.07, 6.45) is 7.21. The molecule has 166 valence electrons. The van der Waals surface area contributed by atoms with Crippen LogP contribution in [0.2, 0.25) is 0 Å². The van der Waals surface area contributed by atoms with Gasteiger partial charge in [0.25, 0.3) is 0 Å². The summed E-state index contributed by atoms with van der Waals surface area (Å²) < 4.78 is 11.4. The molecule has 0 bridgehead atoms. The minimum absolute atomic E-state index is 0.114. The van der Waals surface area contributed by atoms with E-state index >= 15 is 0 Å². The van der Waals surface area contributed by atoms with Crippen molar-refractivity contribution in [2.75, 3.05) is 20.3 Å². The Bertz CT molecular complexity index is 591. The molecule has 1 atom stereocenters. The molecule has 0 aromatic heterocycles. The maximum atomic E-state index is 12.8. The molecule has 1 aliphatic carbocycles. The second-order valence-corrected chi connectivity index (χ2v) is 9.63. The molecule has 2 fully saturated rings. The summed E-state index contributed by atoms with van der Waals surface area (Å²) in [6, 6.07) is 0.377. The highest BCUT2D eigenvalue weighted by atomic mass is 16.7. The summed E-state index contributed by atoms with van der Waals surface area (Å²) >= 11 is 0. The summed E-state index contributed by atoms with van der Waals surface area (Å²) in [5.41, 5.74) is -1.12. The van der Waals surface area contributed by atoms with Crippen molar-refractivity contribution >= 4 is 17.5 Å². The van der Waals surface area contributed by atoms with Crippen LogP contribution in [0, 0.1) is 10.8 Å². The first-order valence-corrected chi connectivity index (χ1v) is 10.9. The molecule has 1 heterocycles. The Balaban J connectivity index is 1.82. The van der Waals surface area contributed by atoms with Crippen molar-refractivity contribution in [3.05, 3.63) is 0 Å². The molecule has 0 radical (unpaired) electrons. The zero-order valence-corrected chi connectivity index (χ0v) is 18.8. The third kappa shape index (κ3) is 6.59. The first kappa shape index (κ1) is 24.0. The number of carbonyl (C=O) groups excluding carboxylic acids is 2. The van der Waals surface area contributed by atoms with Crippen LogP contribution in [0.15, 0.2) is 0 Å². The highest BCUT2D eigenvalue weighted by Gasteiger charge is 2.38. The second-order valence-electron chi connectivity index (χ2n) is 9.63. The van der Waals surface area contributed by atoms with E-state index in [0.717, 1.165) is 32.1 Å². The molecule has 2 amide bonds. The molecule has 29 heavy (non-hydrogen) atoms. The summed E-state index contributed by atoms with van der Waals surface area (Å²) in [7, 11) is 1.95. The third-order valence-electron chi connectivity index (χ3n) is 6.49. The molecule has 1 unspecified atom stereocenters. The lowest BCUT2D eigenvalue weighted by Gasteiger charge is -2.38. The highest BCUT2D eigenvalue weighted by Crippen LogP contribution is 2.28. The van der Waals surface area contributed by atoms with E-state index in [1.54, 1.807) is 0 Å². The fourth-order valence-electron chi connectivity index (χ4n) is 3.86. The van der Waals surface area contributed by atoms with E-state index in [4.69, 9.17) is 14.9 Å². The van der Waals surface area contributed by atoms with E-state index in [0.29, 0.717) is 19.3 Å². The van der Waals surface area contributed by atoms with Crippen molar-refractivity contribution in [1.82, 2.24) is 10.2 Å². The first-order valence-electron chi connectivity index (χ1n) is 10.9. The molecule has 7 nitrogen and oxygen atoms in total. The number of rotatable bonds is 9. The molecule has 2 aliphatic rings. The van der Waals surface area contributed by atoms with Gasteiger partial charge in [0.15, 0.2) is 6.29 Å². The molecule has 2 N–H and O–H groups in total. The van der Waals surface area contributed by atoms with E-state index in [9.17, 15) is 9.59 Å². The summed E-state index contributed by atoms with van der Waals surface area (Å²) in [4.78, 5) is 27.3. The molecule has 7 heteroatoms. The maximum absolute atomic E-state index is 12.8. The van der Waals surface area contributed by atoms with Crippen molar-refractivity contribution in [3.8, 4) is 0 Å². The normalized spacial score (nSPS) is 21.4. The van der Waals surface area contributed by atoms with Crippen LogP contribution in [0.3, 0.4) is 0 Å². The Morgan fingerprint density at radius 2 is 1.72 bits per heavy atom. The number of carbonyl (C=O) groups is 2. The van der Waals surface area contributed by atoms with Crippen LogP contribution in [0.5, 0.6) is 0 Å². The molecular formula is C22H39N3O4. The topological polar surface area (TPSA) is 91.7 Å². The molecule has 1 saturated carbocycles. The van der Waals surface area contributed by atoms with Gasteiger partial charge in [-0.05, 0) is 53.0 Å². The summed E-state index contributed by atoms with van der Waals surface area (Å²) in [6.45, 7) is 8.48. The Morgan fingerprint density at radius 1 is 1.10 bits per heavy atom. The van der Waals surface area contributed by atoms with Crippen LogP contribution < -0.4 is 5.32 Å². The van der Waals surface area contributed by atoms with Gasteiger partial charge in [0.2, 0.25) is 11.8 Å². The van der Waals surface area contributed by atoms with Gasteiger partial charge in [-0.1, -0.05) is 26.7 Å². The lowest BCUT2D eigenvalue weighted by atomic mass is 9.86. The van der Waals surface area contributed by atoms with E-state index in [2.05, 4.69) is 10.2 Å². The number of amides is 2. The van der Waals surface area contributed by atoms with E-state index in [1.807, 2.05) is 34.7 Å². The summed E-state index contributed by atoms with van der Waals surface area (Å²) in [5, 5.41) is 10.9. The molecule has 1 aliphatic heterocycles. The average Bonchev–Trinajstić information content (AvgIpc) is 3.21. The minimum Gasteiger partial charge on any atom is -0.353 e. The Morgan fingerprint density at radius 3 is 2.31 bits per heavy atom. The minimum atomic E-state index is -0.774. The van der Waals surface area contributed by atoms with Crippen molar-refractivity contribution in [1.29, 1.82) is 5.41 Å². The van der Waals surface area contributed by atoms with Gasteiger partial charge in [0.1, 0.15) is 0 Å². The van der Waals surface area contributed by atoms with Gasteiger partial charge in [-0.3, -0.25) is 19.8 Å². The lowest BCUT2D eigenvalue weighted by molar-refractivity contribution is -0.171. The average molecular weight is 410 g/mol. The van der Waals surface area contributed by atoms with Crippen LogP contribution in [0.25, 0.3) is 0 Å². The molecular weight excluding hydrogens is 370 g/mol. The number of likely N-dealkylation sites (N-methyl/N-ethyl adjacent to an activating group) is 1. The maximum Gasteiger partial charge on any atom is 0.246 e. The number of hydrogen-bond donors (Lipinski definition) is 2. The van der Waals surface area contributed by atoms with E-state index in [-0.39, 0.29) is 24.3 Å². The quantitative estimate of drug-likeness (QED) is 0.570. The number of hydrogen-bond acceptors (Lipinski definition) is 6. The molecule has 0 aromatic carbocycles. The smallest absolute Gasteiger partial charge is 0.246 e. The largest absolute Gasteiger partial charge is 0.353 e. The number of imide groups is 1. The van der Waals surface area contributed by atoms with Crippen molar-refractivity contribution < 1.29 is 19.1 Å². The molecule has 0 aromatic rings. The van der Waals surface area contributed by atoms with Crippen LogP contribution in [0.4, 0.5) is 0 Å². The number of nitrogens with one attached hydrogen (secondary N) is 2. The van der Waals surface area contributed by atoms with Crippen molar-refractivity contribution in [2.45, 2.75) is 96.9 Å². The van der Waals surface area contributed by atoms with Crippen LogP contribution in [0.1, 0.15) is 79.1 Å². The standard InChI is InChI=1S/C22H39N3O4/c1-21(2,15-29-19-12-8-9-13-28-19)17(23)14-18(26)24-20(27)22(3,4)25(5)16-10-6-7-11-16/h16,19,23H,6-15H2,1-5H3,(H,24,26,27). The molecule has 1 saturated heterocycles. The van der Waals surface area contributed by atoms with E-state index in [1.165, 1.54) is 12.8 Å². The molecule has 2 rings (SSSR count). The Kier molecular flexibility index (Phi) is 8.37. The van der Waals surface area contributed by atoms with Crippen molar-refractivity contribution in [2.24, 2.45) is 5.41 Å². The predicted molar refractivity (Wildman–Crippen MR) is 113 cm³/mol. The fourth-order valence-corrected chi connectivity index (χ4v) is 3.86. The van der Waals surface area contributed by atoms with Gasteiger partial charge in [-0.25, -0.2) is 0 Å². The van der Waals surface area contributed by atoms with Gasteiger partial charge in [0.05, 0.1) is 18.6 Å². The Hall–Kier alpha value is -1.31. The SMILES string of the molecule is CN(C1CCCC1)C(C)(C)C(=O)NC(=O)CC(=N)C(C)(C)COC1CCCCO1. The van der Waals surface area contributed by atoms with Gasteiger partial charge in [-0.2, -0.15) is 0 Å². The van der Waals surface area contributed by atoms with Gasteiger partial charge in [0, 0.05) is 23.8 Å². The lowest BCUT2D eigenvalue weighted by Crippen LogP contribution is -2.57. The van der Waals surface area contributed by atoms with Crippen LogP contribution in [-0.2, 0) is 19.1 Å².